The maximum absolute atomic E-state index is 12.7. The number of hydrogen-bond acceptors (Lipinski definition) is 2. The maximum atomic E-state index is 12.7. The average Bonchev–Trinajstić information content (AvgIpc) is 2.00. The van der Waals surface area contributed by atoms with Crippen molar-refractivity contribution in [2.75, 3.05) is 0 Å². The van der Waals surface area contributed by atoms with Crippen LogP contribution in [0.25, 0.3) is 0 Å². The molecule has 94 valence electrons. The molecule has 1 unspecified atom stereocenters. The molecule has 0 bridgehead atoms. The molecule has 0 aliphatic heterocycles. The number of rotatable bonds is 5. The Hall–Kier alpha value is -0.650. The first-order valence-corrected chi connectivity index (χ1v) is 4.37. The number of ketones is 2. The highest BCUT2D eigenvalue weighted by atomic mass is 31.0. The minimum absolute atomic E-state index is 0.237. The van der Waals surface area contributed by atoms with Gasteiger partial charge in [0.25, 0.3) is 0 Å². The van der Waals surface area contributed by atoms with Crippen molar-refractivity contribution < 1.29 is 35.9 Å². The van der Waals surface area contributed by atoms with Gasteiger partial charge in [-0.15, -0.1) is 0 Å². The van der Waals surface area contributed by atoms with E-state index in [-0.39, 0.29) is 9.24 Å². The summed E-state index contributed by atoms with van der Waals surface area (Å²) in [7, 11) is 0.237. The van der Waals surface area contributed by atoms with Crippen molar-refractivity contribution in [2.45, 2.75) is 30.9 Å². The van der Waals surface area contributed by atoms with E-state index in [1.807, 2.05) is 0 Å². The first-order valence-electron chi connectivity index (χ1n) is 3.79. The van der Waals surface area contributed by atoms with Gasteiger partial charge in [-0.05, 0) is 6.92 Å². The Kier molecular flexibility index (Phi) is 4.14. The van der Waals surface area contributed by atoms with Crippen LogP contribution in [0.15, 0.2) is 0 Å². The predicted molar refractivity (Wildman–Crippen MR) is 44.9 cm³/mol. The molecular formula is C7H7F6O2P. The summed E-state index contributed by atoms with van der Waals surface area (Å²) in [6, 6.07) is 0. The first-order chi connectivity index (χ1) is 6.84. The van der Waals surface area contributed by atoms with E-state index in [9.17, 15) is 35.9 Å². The Labute approximate surface area is 88.6 Å². The molecule has 0 aromatic carbocycles. The van der Waals surface area contributed by atoms with E-state index in [4.69, 9.17) is 0 Å². The molecule has 2 nitrogen and oxygen atoms in total. The van der Waals surface area contributed by atoms with Crippen LogP contribution in [0, 0.1) is 0 Å². The fraction of sp³-hybridized carbons (Fsp3) is 0.714. The van der Waals surface area contributed by atoms with Crippen molar-refractivity contribution in [3.8, 4) is 0 Å². The fourth-order valence-corrected chi connectivity index (χ4v) is 0.903. The van der Waals surface area contributed by atoms with E-state index in [0.717, 1.165) is 0 Å². The molecule has 0 fully saturated rings. The van der Waals surface area contributed by atoms with Gasteiger partial charge in [0.05, 0.1) is 6.42 Å². The van der Waals surface area contributed by atoms with Crippen molar-refractivity contribution in [3.05, 3.63) is 0 Å². The molecule has 0 radical (unpaired) electrons. The third kappa shape index (κ3) is 2.72. The lowest BCUT2D eigenvalue weighted by Crippen LogP contribution is -2.55. The number of Topliss-reactive ketones (excluding diaryl/α,β-unsaturated/α-hetero) is 2. The van der Waals surface area contributed by atoms with Gasteiger partial charge in [-0.1, -0.05) is 9.24 Å². The molecule has 0 aromatic heterocycles. The summed E-state index contributed by atoms with van der Waals surface area (Å²) >= 11 is 0. The molecule has 16 heavy (non-hydrogen) atoms. The number of alkyl halides is 6. The number of halogens is 6. The van der Waals surface area contributed by atoms with Crippen molar-refractivity contribution in [1.82, 2.24) is 0 Å². The molecule has 9 heteroatoms. The summed E-state index contributed by atoms with van der Waals surface area (Å²) in [5.74, 6) is -15.1. The van der Waals surface area contributed by atoms with E-state index < -0.39 is 35.5 Å². The Morgan fingerprint density at radius 1 is 1.06 bits per heavy atom. The molecule has 0 aliphatic rings. The van der Waals surface area contributed by atoms with Crippen LogP contribution in [0.2, 0.25) is 0 Å². The zero-order valence-electron chi connectivity index (χ0n) is 7.87. The minimum atomic E-state index is -5.86. The van der Waals surface area contributed by atoms with E-state index in [1.54, 1.807) is 0 Å². The molecule has 0 saturated heterocycles. The smallest absolute Gasteiger partial charge is 0.300 e. The molecule has 0 aromatic rings. The molecule has 0 saturated carbocycles. The van der Waals surface area contributed by atoms with Gasteiger partial charge in [0.1, 0.15) is 5.78 Å². The summed E-state index contributed by atoms with van der Waals surface area (Å²) in [4.78, 5) is 20.9. The van der Waals surface area contributed by atoms with Gasteiger partial charge in [0.15, 0.2) is 0 Å². The van der Waals surface area contributed by atoms with Crippen LogP contribution in [0.1, 0.15) is 13.3 Å². The van der Waals surface area contributed by atoms with Crippen LogP contribution < -0.4 is 0 Å². The van der Waals surface area contributed by atoms with Crippen molar-refractivity contribution in [2.24, 2.45) is 0 Å². The lowest BCUT2D eigenvalue weighted by molar-refractivity contribution is -0.265. The summed E-state index contributed by atoms with van der Waals surface area (Å²) in [6.07, 6.45) is -1.52. The average molecular weight is 268 g/mol. The highest BCUT2D eigenvalue weighted by Gasteiger charge is 2.72. The van der Waals surface area contributed by atoms with E-state index in [1.165, 1.54) is 0 Å². The van der Waals surface area contributed by atoms with E-state index in [2.05, 4.69) is 0 Å². The van der Waals surface area contributed by atoms with Crippen LogP contribution in [0.3, 0.4) is 0 Å². The minimum Gasteiger partial charge on any atom is -0.300 e. The molecule has 0 N–H and O–H groups in total. The molecular weight excluding hydrogens is 261 g/mol. The Bertz CT molecular complexity index is 308. The van der Waals surface area contributed by atoms with Gasteiger partial charge in [-0.25, -0.2) is 0 Å². The zero-order chi connectivity index (χ0) is 13.4. The molecule has 0 heterocycles. The first kappa shape index (κ1) is 15.3. The molecule has 0 spiro atoms. The van der Waals surface area contributed by atoms with Gasteiger partial charge in [-0.2, -0.15) is 26.3 Å². The van der Waals surface area contributed by atoms with Gasteiger partial charge in [-0.3, -0.25) is 9.59 Å². The van der Waals surface area contributed by atoms with Gasteiger partial charge in [0.2, 0.25) is 5.78 Å². The monoisotopic (exact) mass is 268 g/mol. The van der Waals surface area contributed by atoms with Crippen LogP contribution >= 0.6 is 9.24 Å². The van der Waals surface area contributed by atoms with Crippen molar-refractivity contribution in [1.29, 1.82) is 0 Å². The van der Waals surface area contributed by atoms with Crippen molar-refractivity contribution in [3.63, 3.8) is 0 Å². The highest BCUT2D eigenvalue weighted by Crippen LogP contribution is 2.49. The largest absolute Gasteiger partial charge is 0.382 e. The molecule has 0 amide bonds. The van der Waals surface area contributed by atoms with Gasteiger partial charge in [0, 0.05) is 0 Å². The van der Waals surface area contributed by atoms with Gasteiger partial charge >= 0.3 is 17.5 Å². The molecule has 0 rings (SSSR count). The van der Waals surface area contributed by atoms with E-state index >= 15 is 0 Å². The second-order valence-electron chi connectivity index (χ2n) is 3.07. The number of carbonyl (C=O) groups is 2. The predicted octanol–water partition coefficient (Wildman–Crippen LogP) is 2.27. The Morgan fingerprint density at radius 2 is 1.44 bits per heavy atom. The van der Waals surface area contributed by atoms with Crippen LogP contribution in [0.5, 0.6) is 0 Å². The third-order valence-corrected chi connectivity index (χ3v) is 1.94. The highest BCUT2D eigenvalue weighted by molar-refractivity contribution is 7.18. The second-order valence-corrected chi connectivity index (χ2v) is 3.80. The van der Waals surface area contributed by atoms with Gasteiger partial charge < -0.3 is 0 Å². The second kappa shape index (κ2) is 4.31. The number of carbonyl (C=O) groups excluding carboxylic acids is 2. The summed E-state index contributed by atoms with van der Waals surface area (Å²) < 4.78 is 74.9. The van der Waals surface area contributed by atoms with Crippen LogP contribution in [-0.2, 0) is 9.59 Å². The third-order valence-electron chi connectivity index (χ3n) is 1.57. The summed E-state index contributed by atoms with van der Waals surface area (Å²) in [5, 5.41) is 0. The van der Waals surface area contributed by atoms with Crippen molar-refractivity contribution >= 4 is 20.8 Å². The molecule has 1 atom stereocenters. The SMILES string of the molecule is CC(=O)CC(=O)C(F)(F)C(F)(F)C(F)(F)P. The molecule has 0 aliphatic carbocycles. The van der Waals surface area contributed by atoms with E-state index in [0.29, 0.717) is 6.92 Å². The Balaban J connectivity index is 5.19. The lowest BCUT2D eigenvalue weighted by Gasteiger charge is -2.29. The summed E-state index contributed by atoms with van der Waals surface area (Å²) in [5.41, 5.74) is -5.15. The quantitative estimate of drug-likeness (QED) is 0.435. The fourth-order valence-electron chi connectivity index (χ4n) is 0.722. The summed E-state index contributed by atoms with van der Waals surface area (Å²) in [6.45, 7) is 0.699. The maximum Gasteiger partial charge on any atom is 0.382 e. The van der Waals surface area contributed by atoms with Crippen LogP contribution in [-0.4, -0.2) is 29.1 Å². The normalized spacial score (nSPS) is 13.8. The standard InChI is InChI=1S/C7H7F6O2P/c1-3(14)2-4(15)5(8,9)6(10,11)7(12,13)16/h2,16H2,1H3. The topological polar surface area (TPSA) is 34.1 Å². The lowest BCUT2D eigenvalue weighted by atomic mass is 10.0. The van der Waals surface area contributed by atoms with Crippen LogP contribution in [0.4, 0.5) is 26.3 Å². The number of hydrogen-bond donors (Lipinski definition) is 0. The Morgan fingerprint density at radius 3 is 1.69 bits per heavy atom. The zero-order valence-corrected chi connectivity index (χ0v) is 9.02.